The van der Waals surface area contributed by atoms with Crippen molar-refractivity contribution in [1.82, 2.24) is 25.0 Å². The molecule has 1 fully saturated rings. The molecule has 1 saturated carbocycles. The van der Waals surface area contributed by atoms with Crippen LogP contribution in [-0.4, -0.2) is 25.0 Å². The summed E-state index contributed by atoms with van der Waals surface area (Å²) in [6.07, 6.45) is 2.06. The van der Waals surface area contributed by atoms with Crippen molar-refractivity contribution in [1.29, 1.82) is 0 Å². The number of nitrogens with zero attached hydrogens (tertiary/aromatic N) is 4. The number of hydrogen-bond donors (Lipinski definition) is 1. The van der Waals surface area contributed by atoms with Gasteiger partial charge >= 0.3 is 5.69 Å². The Morgan fingerprint density at radius 2 is 2.36 bits per heavy atom. The third-order valence-corrected chi connectivity index (χ3v) is 5.30. The van der Waals surface area contributed by atoms with E-state index in [1.807, 2.05) is 24.4 Å². The molecule has 0 aromatic carbocycles. The number of nitrogens with one attached hydrogen (secondary N) is 1. The number of hydrogen-bond acceptors (Lipinski definition) is 7. The molecule has 114 valence electrons. The molecule has 0 saturated heterocycles. The Kier molecular flexibility index (Phi) is 3.38. The Bertz CT molecular complexity index is 831. The van der Waals surface area contributed by atoms with Crippen molar-refractivity contribution in [3.05, 3.63) is 33.9 Å². The zero-order chi connectivity index (χ0) is 15.1. The first-order chi connectivity index (χ1) is 10.7. The molecule has 1 aliphatic carbocycles. The largest absolute Gasteiger partial charge is 0.419 e. The van der Waals surface area contributed by atoms with Gasteiger partial charge in [0.2, 0.25) is 5.89 Å². The summed E-state index contributed by atoms with van der Waals surface area (Å²) in [4.78, 5) is 12.7. The quantitative estimate of drug-likeness (QED) is 0.721. The Labute approximate surface area is 133 Å². The fourth-order valence-electron chi connectivity index (χ4n) is 2.14. The second kappa shape index (κ2) is 5.40. The maximum Gasteiger partial charge on any atom is 0.344 e. The average molecular weight is 335 g/mol. The molecule has 1 unspecified atom stereocenters. The average Bonchev–Trinajstić information content (AvgIpc) is 2.97. The van der Waals surface area contributed by atoms with E-state index in [1.54, 1.807) is 15.9 Å². The first kappa shape index (κ1) is 13.8. The maximum absolute atomic E-state index is 11.8. The highest BCUT2D eigenvalue weighted by molar-refractivity contribution is 7.99. The summed E-state index contributed by atoms with van der Waals surface area (Å²) < 4.78 is 7.45. The lowest BCUT2D eigenvalue weighted by Gasteiger charge is -2.06. The van der Waals surface area contributed by atoms with Crippen LogP contribution in [0.3, 0.4) is 0 Å². The minimum Gasteiger partial charge on any atom is -0.419 e. The van der Waals surface area contributed by atoms with Crippen molar-refractivity contribution in [2.45, 2.75) is 36.2 Å². The van der Waals surface area contributed by atoms with E-state index in [2.05, 4.69) is 20.4 Å². The van der Waals surface area contributed by atoms with Crippen LogP contribution < -0.4 is 5.69 Å². The van der Waals surface area contributed by atoms with E-state index in [0.29, 0.717) is 16.9 Å². The van der Waals surface area contributed by atoms with Crippen LogP contribution in [0.2, 0.25) is 0 Å². The van der Waals surface area contributed by atoms with Gasteiger partial charge in [0.1, 0.15) is 0 Å². The van der Waals surface area contributed by atoms with Crippen LogP contribution in [0.15, 0.2) is 31.9 Å². The molecule has 0 spiro atoms. The molecule has 22 heavy (non-hydrogen) atoms. The van der Waals surface area contributed by atoms with Gasteiger partial charge in [0, 0.05) is 6.04 Å². The van der Waals surface area contributed by atoms with Crippen LogP contribution in [0.4, 0.5) is 0 Å². The predicted molar refractivity (Wildman–Crippen MR) is 83.0 cm³/mol. The van der Waals surface area contributed by atoms with Gasteiger partial charge in [0.15, 0.2) is 5.16 Å². The van der Waals surface area contributed by atoms with Gasteiger partial charge in [0.25, 0.3) is 5.89 Å². The number of aromatic amines is 1. The lowest BCUT2D eigenvalue weighted by molar-refractivity contribution is 0.509. The first-order valence-corrected chi connectivity index (χ1v) is 8.69. The van der Waals surface area contributed by atoms with Crippen LogP contribution in [0.25, 0.3) is 10.8 Å². The Balaban J connectivity index is 1.55. The Morgan fingerprint density at radius 1 is 1.50 bits per heavy atom. The van der Waals surface area contributed by atoms with Crippen LogP contribution in [0.1, 0.15) is 36.9 Å². The van der Waals surface area contributed by atoms with Crippen LogP contribution in [-0.2, 0) is 0 Å². The normalized spacial score (nSPS) is 16.0. The van der Waals surface area contributed by atoms with Crippen LogP contribution in [0, 0.1) is 0 Å². The van der Waals surface area contributed by atoms with Crippen molar-refractivity contribution in [3.63, 3.8) is 0 Å². The minimum absolute atomic E-state index is 0.0751. The molecule has 7 nitrogen and oxygen atoms in total. The highest BCUT2D eigenvalue weighted by Gasteiger charge is 2.30. The van der Waals surface area contributed by atoms with Gasteiger partial charge in [-0.1, -0.05) is 17.8 Å². The van der Waals surface area contributed by atoms with Crippen molar-refractivity contribution in [2.24, 2.45) is 0 Å². The van der Waals surface area contributed by atoms with Crippen molar-refractivity contribution < 1.29 is 4.42 Å². The molecule has 0 radical (unpaired) electrons. The standard InChI is InChI=1S/C13H13N5O2S2/c1-7(10-14-15-11(20-10)9-3-2-6-21-9)22-13-17-16-12(19)18(13)8-4-5-8/h2-3,6-8H,4-5H2,1H3,(H,16,19). The van der Waals surface area contributed by atoms with Gasteiger partial charge in [-0.25, -0.2) is 9.89 Å². The molecular formula is C13H13N5O2S2. The molecule has 3 heterocycles. The van der Waals surface area contributed by atoms with Crippen LogP contribution in [0.5, 0.6) is 0 Å². The maximum atomic E-state index is 11.8. The number of thiophene rings is 1. The smallest absolute Gasteiger partial charge is 0.344 e. The number of rotatable bonds is 5. The van der Waals surface area contributed by atoms with Crippen LogP contribution >= 0.6 is 23.1 Å². The summed E-state index contributed by atoms with van der Waals surface area (Å²) in [5.41, 5.74) is -0.151. The number of H-pyrrole nitrogens is 1. The summed E-state index contributed by atoms with van der Waals surface area (Å²) in [7, 11) is 0. The van der Waals surface area contributed by atoms with Gasteiger partial charge in [-0.3, -0.25) is 4.57 Å². The topological polar surface area (TPSA) is 89.6 Å². The second-order valence-corrected chi connectivity index (χ2v) is 7.35. The molecule has 0 amide bonds. The SMILES string of the molecule is CC(Sc1n[nH]c(=O)n1C1CC1)c1nnc(-c2cccs2)o1. The molecule has 9 heteroatoms. The molecule has 0 aliphatic heterocycles. The minimum atomic E-state index is -0.151. The Morgan fingerprint density at radius 3 is 3.09 bits per heavy atom. The van der Waals surface area contributed by atoms with E-state index < -0.39 is 0 Å². The van der Waals surface area contributed by atoms with Crippen molar-refractivity contribution in [2.75, 3.05) is 0 Å². The zero-order valence-electron chi connectivity index (χ0n) is 11.7. The number of thioether (sulfide) groups is 1. The van der Waals surface area contributed by atoms with Gasteiger partial charge in [-0.15, -0.1) is 26.6 Å². The van der Waals surface area contributed by atoms with Gasteiger partial charge in [-0.05, 0) is 31.2 Å². The molecule has 3 aromatic rings. The molecule has 1 N–H and O–H groups in total. The van der Waals surface area contributed by atoms with Gasteiger partial charge < -0.3 is 4.42 Å². The van der Waals surface area contributed by atoms with E-state index in [9.17, 15) is 4.79 Å². The van der Waals surface area contributed by atoms with Crippen molar-refractivity contribution in [3.8, 4) is 10.8 Å². The molecule has 1 atom stereocenters. The third kappa shape index (κ3) is 2.50. The van der Waals surface area contributed by atoms with Crippen molar-refractivity contribution >= 4 is 23.1 Å². The molecule has 4 rings (SSSR count). The van der Waals surface area contributed by atoms with Gasteiger partial charge in [-0.2, -0.15) is 0 Å². The summed E-state index contributed by atoms with van der Waals surface area (Å²) >= 11 is 3.01. The monoisotopic (exact) mass is 335 g/mol. The summed E-state index contributed by atoms with van der Waals surface area (Å²) in [6, 6.07) is 4.17. The third-order valence-electron chi connectivity index (χ3n) is 3.39. The predicted octanol–water partition coefficient (Wildman–Crippen LogP) is 2.87. The van der Waals surface area contributed by atoms with E-state index in [-0.39, 0.29) is 17.0 Å². The molecule has 3 aromatic heterocycles. The first-order valence-electron chi connectivity index (χ1n) is 6.93. The summed E-state index contributed by atoms with van der Waals surface area (Å²) in [6.45, 7) is 1.97. The summed E-state index contributed by atoms with van der Waals surface area (Å²) in [5.74, 6) is 1.06. The molecule has 1 aliphatic rings. The van der Waals surface area contributed by atoms with E-state index >= 15 is 0 Å². The summed E-state index contributed by atoms with van der Waals surface area (Å²) in [5, 5.41) is 17.4. The second-order valence-electron chi connectivity index (χ2n) is 5.10. The lowest BCUT2D eigenvalue weighted by Crippen LogP contribution is -2.16. The highest BCUT2D eigenvalue weighted by Crippen LogP contribution is 2.40. The highest BCUT2D eigenvalue weighted by atomic mass is 32.2. The van der Waals surface area contributed by atoms with Gasteiger partial charge in [0.05, 0.1) is 10.1 Å². The van der Waals surface area contributed by atoms with E-state index in [1.165, 1.54) is 11.8 Å². The Hall–Kier alpha value is -1.87. The lowest BCUT2D eigenvalue weighted by atomic mass is 10.5. The fourth-order valence-corrected chi connectivity index (χ4v) is 3.74. The zero-order valence-corrected chi connectivity index (χ0v) is 13.4. The fraction of sp³-hybridized carbons (Fsp3) is 0.385. The van der Waals surface area contributed by atoms with E-state index in [4.69, 9.17) is 4.42 Å². The molecule has 0 bridgehead atoms. The molecular weight excluding hydrogens is 322 g/mol. The van der Waals surface area contributed by atoms with E-state index in [0.717, 1.165) is 17.7 Å². The number of aromatic nitrogens is 5.